The van der Waals surface area contributed by atoms with Crippen LogP contribution in [0.5, 0.6) is 11.5 Å². The van der Waals surface area contributed by atoms with E-state index < -0.39 is 9.84 Å². The third-order valence-electron chi connectivity index (χ3n) is 3.62. The number of benzene rings is 1. The Hall–Kier alpha value is -0.790. The lowest BCUT2D eigenvalue weighted by Crippen LogP contribution is -2.23. The third-order valence-corrected chi connectivity index (χ3v) is 6.19. The van der Waals surface area contributed by atoms with Crippen LogP contribution in [0.4, 0.5) is 0 Å². The molecule has 2 heterocycles. The van der Waals surface area contributed by atoms with Gasteiger partial charge < -0.3 is 14.8 Å². The van der Waals surface area contributed by atoms with Gasteiger partial charge in [0, 0.05) is 11.0 Å². The average molecular weight is 362 g/mol. The third kappa shape index (κ3) is 3.10. The summed E-state index contributed by atoms with van der Waals surface area (Å²) < 4.78 is 34.4. The molecule has 1 N–H and O–H groups in total. The number of ether oxygens (including phenoxy) is 2. The summed E-state index contributed by atoms with van der Waals surface area (Å²) in [5.41, 5.74) is 1.08. The highest BCUT2D eigenvalue weighted by Crippen LogP contribution is 2.36. The lowest BCUT2D eigenvalue weighted by Gasteiger charge is -2.11. The molecular weight excluding hydrogens is 346 g/mol. The minimum atomic E-state index is -2.79. The van der Waals surface area contributed by atoms with E-state index in [0.717, 1.165) is 34.5 Å². The number of halogens is 1. The second-order valence-corrected chi connectivity index (χ2v) is 8.28. The van der Waals surface area contributed by atoms with Crippen LogP contribution in [0.25, 0.3) is 0 Å². The average Bonchev–Trinajstić information content (AvgIpc) is 2.95. The van der Waals surface area contributed by atoms with Crippen LogP contribution in [-0.4, -0.2) is 33.3 Å². The molecule has 1 aromatic rings. The molecular formula is C13H16BrNO4S. The smallest absolute Gasteiger partial charge is 0.231 e. The molecule has 1 unspecified atom stereocenters. The summed E-state index contributed by atoms with van der Waals surface area (Å²) in [6.45, 7) is 1.66. The first-order valence-electron chi connectivity index (χ1n) is 6.53. The van der Waals surface area contributed by atoms with Gasteiger partial charge in [0.25, 0.3) is 0 Å². The Morgan fingerprint density at radius 1 is 1.30 bits per heavy atom. The van der Waals surface area contributed by atoms with E-state index in [4.69, 9.17) is 9.47 Å². The fraction of sp³-hybridized carbons (Fsp3) is 0.538. The Kier molecular flexibility index (Phi) is 3.92. The van der Waals surface area contributed by atoms with Crippen LogP contribution in [0.3, 0.4) is 0 Å². The quantitative estimate of drug-likeness (QED) is 0.884. The van der Waals surface area contributed by atoms with Crippen molar-refractivity contribution in [2.45, 2.75) is 13.0 Å². The summed E-state index contributed by atoms with van der Waals surface area (Å²) in [6.07, 6.45) is 0.762. The fourth-order valence-corrected chi connectivity index (χ4v) is 4.86. The molecule has 0 aliphatic carbocycles. The molecule has 0 saturated carbocycles. The number of sulfone groups is 1. The second kappa shape index (κ2) is 5.54. The first kappa shape index (κ1) is 14.2. The Labute approximate surface area is 126 Å². The zero-order valence-corrected chi connectivity index (χ0v) is 13.3. The Balaban J connectivity index is 1.57. The highest BCUT2D eigenvalue weighted by Gasteiger charge is 2.27. The van der Waals surface area contributed by atoms with Gasteiger partial charge in [0.05, 0.1) is 11.5 Å². The van der Waals surface area contributed by atoms with Crippen LogP contribution >= 0.6 is 15.9 Å². The van der Waals surface area contributed by atoms with E-state index in [1.165, 1.54) is 0 Å². The maximum absolute atomic E-state index is 11.4. The van der Waals surface area contributed by atoms with Crippen molar-refractivity contribution in [3.63, 3.8) is 0 Å². The first-order valence-corrected chi connectivity index (χ1v) is 9.14. The van der Waals surface area contributed by atoms with Gasteiger partial charge >= 0.3 is 0 Å². The molecule has 2 aliphatic rings. The second-order valence-electron chi connectivity index (χ2n) is 5.20. The maximum Gasteiger partial charge on any atom is 0.231 e. The summed E-state index contributed by atoms with van der Waals surface area (Å²) in [5, 5.41) is 3.32. The van der Waals surface area contributed by atoms with Crippen molar-refractivity contribution in [3.8, 4) is 11.5 Å². The van der Waals surface area contributed by atoms with Crippen molar-refractivity contribution in [2.24, 2.45) is 5.92 Å². The SMILES string of the molecule is O=S1(=O)CCC(CNCc2cc3c(cc2Br)OCO3)C1. The fourth-order valence-electron chi connectivity index (χ4n) is 2.54. The van der Waals surface area contributed by atoms with E-state index in [-0.39, 0.29) is 12.7 Å². The monoisotopic (exact) mass is 361 g/mol. The molecule has 20 heavy (non-hydrogen) atoms. The van der Waals surface area contributed by atoms with Crippen LogP contribution in [0.2, 0.25) is 0 Å². The van der Waals surface area contributed by atoms with Crippen LogP contribution in [0.15, 0.2) is 16.6 Å². The molecule has 1 saturated heterocycles. The van der Waals surface area contributed by atoms with Gasteiger partial charge in [-0.2, -0.15) is 0 Å². The molecule has 0 aromatic heterocycles. The zero-order valence-electron chi connectivity index (χ0n) is 10.9. The van der Waals surface area contributed by atoms with Crippen molar-refractivity contribution >= 4 is 25.8 Å². The number of hydrogen-bond acceptors (Lipinski definition) is 5. The summed E-state index contributed by atoms with van der Waals surface area (Å²) in [4.78, 5) is 0. The molecule has 0 spiro atoms. The minimum Gasteiger partial charge on any atom is -0.454 e. The Morgan fingerprint density at radius 3 is 2.75 bits per heavy atom. The van der Waals surface area contributed by atoms with E-state index in [0.29, 0.717) is 18.1 Å². The van der Waals surface area contributed by atoms with E-state index in [9.17, 15) is 8.42 Å². The van der Waals surface area contributed by atoms with Crippen LogP contribution in [0.1, 0.15) is 12.0 Å². The summed E-state index contributed by atoms with van der Waals surface area (Å²) >= 11 is 3.51. The normalized spacial score (nSPS) is 23.1. The van der Waals surface area contributed by atoms with E-state index in [1.807, 2.05) is 12.1 Å². The molecule has 7 heteroatoms. The van der Waals surface area contributed by atoms with Crippen molar-refractivity contribution in [1.82, 2.24) is 5.32 Å². The maximum atomic E-state index is 11.4. The lowest BCUT2D eigenvalue weighted by atomic mass is 10.1. The molecule has 2 aliphatic heterocycles. The molecule has 110 valence electrons. The topological polar surface area (TPSA) is 64.6 Å². The lowest BCUT2D eigenvalue weighted by molar-refractivity contribution is 0.174. The van der Waals surface area contributed by atoms with E-state index >= 15 is 0 Å². The van der Waals surface area contributed by atoms with Gasteiger partial charge in [0.15, 0.2) is 21.3 Å². The summed E-state index contributed by atoms with van der Waals surface area (Å²) in [6, 6.07) is 3.85. The zero-order chi connectivity index (χ0) is 14.2. The molecule has 3 rings (SSSR count). The van der Waals surface area contributed by atoms with Gasteiger partial charge in [0.2, 0.25) is 6.79 Å². The van der Waals surface area contributed by atoms with Gasteiger partial charge in [-0.25, -0.2) is 8.42 Å². The molecule has 5 nitrogen and oxygen atoms in total. The molecule has 0 radical (unpaired) electrons. The largest absolute Gasteiger partial charge is 0.454 e. The van der Waals surface area contributed by atoms with Crippen molar-refractivity contribution in [1.29, 1.82) is 0 Å². The summed E-state index contributed by atoms with van der Waals surface area (Å²) in [5.74, 6) is 2.37. The van der Waals surface area contributed by atoms with E-state index in [2.05, 4.69) is 21.2 Å². The minimum absolute atomic E-state index is 0.229. The predicted molar refractivity (Wildman–Crippen MR) is 78.7 cm³/mol. The molecule has 1 aromatic carbocycles. The van der Waals surface area contributed by atoms with Gasteiger partial charge in [-0.05, 0) is 36.6 Å². The number of rotatable bonds is 4. The van der Waals surface area contributed by atoms with Crippen LogP contribution < -0.4 is 14.8 Å². The predicted octanol–water partition coefficient (Wildman–Crippen LogP) is 1.70. The Morgan fingerprint density at radius 2 is 2.05 bits per heavy atom. The molecule has 1 fully saturated rings. The van der Waals surface area contributed by atoms with Crippen molar-refractivity contribution < 1.29 is 17.9 Å². The number of nitrogens with one attached hydrogen (secondary N) is 1. The van der Waals surface area contributed by atoms with Gasteiger partial charge in [-0.15, -0.1) is 0 Å². The van der Waals surface area contributed by atoms with Crippen LogP contribution in [-0.2, 0) is 16.4 Å². The Bertz CT molecular complexity index is 617. The van der Waals surface area contributed by atoms with Crippen molar-refractivity contribution in [2.75, 3.05) is 24.8 Å². The highest BCUT2D eigenvalue weighted by atomic mass is 79.9. The summed E-state index contributed by atoms with van der Waals surface area (Å²) in [7, 11) is -2.79. The van der Waals surface area contributed by atoms with Crippen molar-refractivity contribution in [3.05, 3.63) is 22.2 Å². The molecule has 0 amide bonds. The van der Waals surface area contributed by atoms with Gasteiger partial charge in [0.1, 0.15) is 0 Å². The van der Waals surface area contributed by atoms with E-state index in [1.54, 1.807) is 0 Å². The standard InChI is InChI=1S/C13H16BrNO4S/c14-11-4-13-12(18-8-19-13)3-10(11)6-15-5-9-1-2-20(16,17)7-9/h3-4,9,15H,1-2,5-8H2. The van der Waals surface area contributed by atoms with Crippen LogP contribution in [0, 0.1) is 5.92 Å². The van der Waals surface area contributed by atoms with Gasteiger partial charge in [-0.3, -0.25) is 0 Å². The number of fused-ring (bicyclic) bond motifs is 1. The molecule has 0 bridgehead atoms. The number of hydrogen-bond donors (Lipinski definition) is 1. The molecule has 1 atom stereocenters. The highest BCUT2D eigenvalue weighted by molar-refractivity contribution is 9.10. The first-order chi connectivity index (χ1) is 9.53. The van der Waals surface area contributed by atoms with Gasteiger partial charge in [-0.1, -0.05) is 15.9 Å².